The fraction of sp³-hybridized carbons (Fsp3) is 0.667. The van der Waals surface area contributed by atoms with Crippen LogP contribution in [0.1, 0.15) is 43.2 Å². The zero-order valence-corrected chi connectivity index (χ0v) is 16.2. The molecular weight excluding hydrogens is 328 g/mol. The Morgan fingerprint density at radius 1 is 1.15 bits per heavy atom. The highest BCUT2D eigenvalue weighted by molar-refractivity contribution is 5.77. The maximum atomic E-state index is 12.4. The van der Waals surface area contributed by atoms with E-state index in [4.69, 9.17) is 9.47 Å². The van der Waals surface area contributed by atoms with Crippen molar-refractivity contribution in [2.75, 3.05) is 39.5 Å². The van der Waals surface area contributed by atoms with Crippen LogP contribution in [0.5, 0.6) is 5.75 Å². The number of amides is 1. The second kappa shape index (κ2) is 8.87. The fourth-order valence-corrected chi connectivity index (χ4v) is 4.33. The maximum absolute atomic E-state index is 12.4. The van der Waals surface area contributed by atoms with Gasteiger partial charge < -0.3 is 14.8 Å². The second-order valence-corrected chi connectivity index (χ2v) is 7.67. The van der Waals surface area contributed by atoms with E-state index >= 15 is 0 Å². The quantitative estimate of drug-likeness (QED) is 0.848. The molecule has 1 saturated carbocycles. The van der Waals surface area contributed by atoms with Gasteiger partial charge in [0.2, 0.25) is 0 Å². The molecule has 1 aliphatic heterocycles. The lowest BCUT2D eigenvalue weighted by Gasteiger charge is -2.48. The summed E-state index contributed by atoms with van der Waals surface area (Å²) in [5.74, 6) is 0.786. The summed E-state index contributed by atoms with van der Waals surface area (Å²) < 4.78 is 11.3. The predicted molar refractivity (Wildman–Crippen MR) is 103 cm³/mol. The van der Waals surface area contributed by atoms with Gasteiger partial charge in [-0.15, -0.1) is 0 Å². The number of hydrogen-bond acceptors (Lipinski definition) is 4. The van der Waals surface area contributed by atoms with Crippen LogP contribution in [0, 0.1) is 13.8 Å². The first kappa shape index (κ1) is 19.2. The normalized spacial score (nSPS) is 20.5. The Balaban J connectivity index is 1.55. The first-order valence-electron chi connectivity index (χ1n) is 9.89. The van der Waals surface area contributed by atoms with E-state index in [1.54, 1.807) is 0 Å². The van der Waals surface area contributed by atoms with Gasteiger partial charge in [-0.3, -0.25) is 9.69 Å². The summed E-state index contributed by atoms with van der Waals surface area (Å²) in [6.45, 7) is 8.33. The second-order valence-electron chi connectivity index (χ2n) is 7.67. The van der Waals surface area contributed by atoms with Crippen LogP contribution in [-0.4, -0.2) is 55.8 Å². The minimum atomic E-state index is -0.0362. The average molecular weight is 360 g/mol. The molecule has 5 nitrogen and oxygen atoms in total. The highest BCUT2D eigenvalue weighted by Crippen LogP contribution is 2.33. The molecule has 1 saturated heterocycles. The summed E-state index contributed by atoms with van der Waals surface area (Å²) >= 11 is 0. The van der Waals surface area contributed by atoms with E-state index < -0.39 is 0 Å². The lowest BCUT2D eigenvalue weighted by Crippen LogP contribution is -2.60. The molecule has 2 aliphatic rings. The Morgan fingerprint density at radius 3 is 2.46 bits per heavy atom. The van der Waals surface area contributed by atoms with Gasteiger partial charge in [-0.25, -0.2) is 0 Å². The standard InChI is InChI=1S/C21H32N2O3/c1-17-7-6-8-18(2)20(17)26-15-19(24)22-16-21(9-4-3-5-10-21)23-11-13-25-14-12-23/h6-8H,3-5,9-16H2,1-2H3,(H,22,24). The van der Waals surface area contributed by atoms with Gasteiger partial charge in [0.15, 0.2) is 6.61 Å². The van der Waals surface area contributed by atoms with Crippen molar-refractivity contribution in [3.05, 3.63) is 29.3 Å². The number of benzene rings is 1. The van der Waals surface area contributed by atoms with Crippen LogP contribution in [0.25, 0.3) is 0 Å². The fourth-order valence-electron chi connectivity index (χ4n) is 4.33. The van der Waals surface area contributed by atoms with E-state index in [9.17, 15) is 4.79 Å². The molecular formula is C21H32N2O3. The number of rotatable bonds is 6. The van der Waals surface area contributed by atoms with E-state index in [0.717, 1.165) is 56.0 Å². The molecule has 0 unspecified atom stereocenters. The Hall–Kier alpha value is -1.59. The first-order valence-corrected chi connectivity index (χ1v) is 9.89. The molecule has 3 rings (SSSR count). The van der Waals surface area contributed by atoms with Crippen LogP contribution in [0.15, 0.2) is 18.2 Å². The van der Waals surface area contributed by atoms with Gasteiger partial charge in [0.1, 0.15) is 5.75 Å². The summed E-state index contributed by atoms with van der Waals surface area (Å²) in [4.78, 5) is 15.0. The number of aryl methyl sites for hydroxylation is 2. The van der Waals surface area contributed by atoms with Crippen LogP contribution in [0.2, 0.25) is 0 Å². The largest absolute Gasteiger partial charge is 0.483 e. The van der Waals surface area contributed by atoms with Crippen LogP contribution >= 0.6 is 0 Å². The number of carbonyl (C=O) groups excluding carboxylic acids is 1. The number of carbonyl (C=O) groups is 1. The molecule has 1 aromatic rings. The SMILES string of the molecule is Cc1cccc(C)c1OCC(=O)NCC1(N2CCOCC2)CCCCC1. The average Bonchev–Trinajstić information content (AvgIpc) is 2.67. The van der Waals surface area contributed by atoms with Crippen LogP contribution < -0.4 is 10.1 Å². The van der Waals surface area contributed by atoms with E-state index in [0.29, 0.717) is 6.54 Å². The lowest BCUT2D eigenvalue weighted by atomic mass is 9.79. The third kappa shape index (κ3) is 4.57. The van der Waals surface area contributed by atoms with Gasteiger partial charge in [0.05, 0.1) is 13.2 Å². The van der Waals surface area contributed by atoms with Crippen molar-refractivity contribution in [2.24, 2.45) is 0 Å². The van der Waals surface area contributed by atoms with E-state index in [2.05, 4.69) is 10.2 Å². The Kier molecular flexibility index (Phi) is 6.54. The summed E-state index contributed by atoms with van der Waals surface area (Å²) in [6.07, 6.45) is 6.10. The zero-order chi connectivity index (χ0) is 18.4. The molecule has 1 N–H and O–H groups in total. The number of nitrogens with one attached hydrogen (secondary N) is 1. The summed E-state index contributed by atoms with van der Waals surface area (Å²) in [7, 11) is 0. The monoisotopic (exact) mass is 360 g/mol. The molecule has 26 heavy (non-hydrogen) atoms. The third-order valence-corrected chi connectivity index (χ3v) is 5.84. The molecule has 1 aromatic carbocycles. The van der Waals surface area contributed by atoms with Crippen LogP contribution in [-0.2, 0) is 9.53 Å². The van der Waals surface area contributed by atoms with Crippen molar-refractivity contribution in [1.29, 1.82) is 0 Å². The molecule has 1 heterocycles. The highest BCUT2D eigenvalue weighted by Gasteiger charge is 2.38. The predicted octanol–water partition coefficient (Wildman–Crippen LogP) is 2.83. The molecule has 0 aromatic heterocycles. The molecule has 0 atom stereocenters. The molecule has 0 radical (unpaired) electrons. The Morgan fingerprint density at radius 2 is 1.81 bits per heavy atom. The van der Waals surface area contributed by atoms with Crippen LogP contribution in [0.3, 0.4) is 0 Å². The van der Waals surface area contributed by atoms with Gasteiger partial charge in [-0.1, -0.05) is 37.5 Å². The number of hydrogen-bond donors (Lipinski definition) is 1. The van der Waals surface area contributed by atoms with Crippen molar-refractivity contribution in [3.8, 4) is 5.75 Å². The summed E-state index contributed by atoms with van der Waals surface area (Å²) in [5, 5.41) is 3.15. The summed E-state index contributed by atoms with van der Waals surface area (Å²) in [6, 6.07) is 6.03. The number of nitrogens with zero attached hydrogens (tertiary/aromatic N) is 1. The highest BCUT2D eigenvalue weighted by atomic mass is 16.5. The minimum Gasteiger partial charge on any atom is -0.483 e. The van der Waals surface area contributed by atoms with Crippen molar-refractivity contribution >= 4 is 5.91 Å². The maximum Gasteiger partial charge on any atom is 0.258 e. The summed E-state index contributed by atoms with van der Waals surface area (Å²) in [5.41, 5.74) is 2.22. The molecule has 1 aliphatic carbocycles. The van der Waals surface area contributed by atoms with Gasteiger partial charge in [0.25, 0.3) is 5.91 Å². The topological polar surface area (TPSA) is 50.8 Å². The Labute approximate surface area is 157 Å². The first-order chi connectivity index (χ1) is 12.6. The molecule has 2 fully saturated rings. The third-order valence-electron chi connectivity index (χ3n) is 5.84. The van der Waals surface area contributed by atoms with E-state index in [-0.39, 0.29) is 18.1 Å². The minimum absolute atomic E-state index is 0.0362. The van der Waals surface area contributed by atoms with Gasteiger partial charge in [-0.2, -0.15) is 0 Å². The zero-order valence-electron chi connectivity index (χ0n) is 16.2. The number of morpholine rings is 1. The van der Waals surface area contributed by atoms with Crippen LogP contribution in [0.4, 0.5) is 0 Å². The molecule has 144 valence electrons. The molecule has 0 bridgehead atoms. The Bertz CT molecular complexity index is 585. The lowest BCUT2D eigenvalue weighted by molar-refractivity contribution is -0.124. The molecule has 5 heteroatoms. The van der Waals surface area contributed by atoms with Gasteiger partial charge in [0, 0.05) is 25.2 Å². The van der Waals surface area contributed by atoms with Crippen molar-refractivity contribution in [3.63, 3.8) is 0 Å². The van der Waals surface area contributed by atoms with Crippen molar-refractivity contribution < 1.29 is 14.3 Å². The smallest absolute Gasteiger partial charge is 0.258 e. The van der Waals surface area contributed by atoms with Gasteiger partial charge >= 0.3 is 0 Å². The number of ether oxygens (including phenoxy) is 2. The van der Waals surface area contributed by atoms with E-state index in [1.807, 2.05) is 32.0 Å². The van der Waals surface area contributed by atoms with Gasteiger partial charge in [-0.05, 0) is 37.8 Å². The molecule has 1 amide bonds. The molecule has 0 spiro atoms. The van der Waals surface area contributed by atoms with E-state index in [1.165, 1.54) is 19.3 Å². The number of para-hydroxylation sites is 1. The van der Waals surface area contributed by atoms with Crippen molar-refractivity contribution in [2.45, 2.75) is 51.5 Å². The van der Waals surface area contributed by atoms with Crippen molar-refractivity contribution in [1.82, 2.24) is 10.2 Å².